The molecule has 1 amide bonds. The van der Waals surface area contributed by atoms with Crippen LogP contribution in [0.15, 0.2) is 42.6 Å². The topological polar surface area (TPSA) is 63.2 Å². The number of rotatable bonds is 5. The highest BCUT2D eigenvalue weighted by atomic mass is 19.1. The number of methoxy groups -OCH3 is 1. The number of aromatic nitrogens is 1. The van der Waals surface area contributed by atoms with Crippen LogP contribution < -0.4 is 15.4 Å². The predicted octanol–water partition coefficient (Wildman–Crippen LogP) is 2.67. The van der Waals surface area contributed by atoms with E-state index in [1.807, 2.05) is 0 Å². The van der Waals surface area contributed by atoms with Crippen LogP contribution in [0, 0.1) is 5.82 Å². The van der Waals surface area contributed by atoms with Gasteiger partial charge in [-0.25, -0.2) is 9.37 Å². The largest absolute Gasteiger partial charge is 0.481 e. The highest BCUT2D eigenvalue weighted by molar-refractivity contribution is 5.96. The van der Waals surface area contributed by atoms with Gasteiger partial charge in [-0.1, -0.05) is 0 Å². The minimum atomic E-state index is -0.467. The average molecular weight is 289 g/mol. The molecule has 0 bridgehead atoms. The molecule has 1 heterocycles. The lowest BCUT2D eigenvalue weighted by atomic mass is 10.2. The SMILES string of the molecule is COc1ccc(NC(C)C(=O)Nc2ccc(F)cc2)cn1. The number of carbonyl (C=O) groups excluding carboxylic acids is 1. The van der Waals surface area contributed by atoms with E-state index in [1.165, 1.54) is 31.4 Å². The Balaban J connectivity index is 1.93. The van der Waals surface area contributed by atoms with Crippen LogP contribution in [0.2, 0.25) is 0 Å². The summed E-state index contributed by atoms with van der Waals surface area (Å²) in [6, 6.07) is 8.61. The van der Waals surface area contributed by atoms with E-state index in [4.69, 9.17) is 4.74 Å². The quantitative estimate of drug-likeness (QED) is 0.888. The zero-order chi connectivity index (χ0) is 15.2. The number of carbonyl (C=O) groups is 1. The molecule has 1 atom stereocenters. The monoisotopic (exact) mass is 289 g/mol. The van der Waals surface area contributed by atoms with Gasteiger partial charge in [-0.05, 0) is 37.3 Å². The molecule has 2 N–H and O–H groups in total. The van der Waals surface area contributed by atoms with Crippen molar-refractivity contribution in [3.63, 3.8) is 0 Å². The number of halogens is 1. The second-order valence-electron chi connectivity index (χ2n) is 4.45. The lowest BCUT2D eigenvalue weighted by molar-refractivity contribution is -0.116. The zero-order valence-corrected chi connectivity index (χ0v) is 11.8. The van der Waals surface area contributed by atoms with Crippen molar-refractivity contribution in [1.29, 1.82) is 0 Å². The molecule has 2 rings (SSSR count). The lowest BCUT2D eigenvalue weighted by Gasteiger charge is -2.15. The molecule has 0 aliphatic carbocycles. The maximum atomic E-state index is 12.8. The van der Waals surface area contributed by atoms with E-state index in [1.54, 1.807) is 25.3 Å². The third-order valence-corrected chi connectivity index (χ3v) is 2.83. The number of hydrogen-bond donors (Lipinski definition) is 2. The Morgan fingerprint density at radius 3 is 2.43 bits per heavy atom. The molecule has 6 heteroatoms. The summed E-state index contributed by atoms with van der Waals surface area (Å²) in [6.07, 6.45) is 1.58. The van der Waals surface area contributed by atoms with Crippen molar-refractivity contribution in [3.8, 4) is 5.88 Å². The number of ether oxygens (including phenoxy) is 1. The van der Waals surface area contributed by atoms with Crippen LogP contribution in [-0.2, 0) is 4.79 Å². The average Bonchev–Trinajstić information content (AvgIpc) is 2.50. The smallest absolute Gasteiger partial charge is 0.246 e. The van der Waals surface area contributed by atoms with Crippen molar-refractivity contribution < 1.29 is 13.9 Å². The van der Waals surface area contributed by atoms with E-state index in [2.05, 4.69) is 15.6 Å². The third-order valence-electron chi connectivity index (χ3n) is 2.83. The Labute approximate surface area is 122 Å². The Morgan fingerprint density at radius 1 is 1.19 bits per heavy atom. The molecule has 0 fully saturated rings. The maximum absolute atomic E-state index is 12.8. The molecule has 5 nitrogen and oxygen atoms in total. The van der Waals surface area contributed by atoms with Crippen molar-refractivity contribution in [1.82, 2.24) is 4.98 Å². The molecule has 0 spiro atoms. The molecule has 0 aliphatic heterocycles. The van der Waals surface area contributed by atoms with Gasteiger partial charge in [0.15, 0.2) is 0 Å². The molecular weight excluding hydrogens is 273 g/mol. The fourth-order valence-electron chi connectivity index (χ4n) is 1.69. The van der Waals surface area contributed by atoms with Crippen LogP contribution in [0.25, 0.3) is 0 Å². The summed E-state index contributed by atoms with van der Waals surface area (Å²) < 4.78 is 17.8. The Hall–Kier alpha value is -2.63. The van der Waals surface area contributed by atoms with Crippen LogP contribution in [0.4, 0.5) is 15.8 Å². The highest BCUT2D eigenvalue weighted by Gasteiger charge is 2.13. The first kappa shape index (κ1) is 14.8. The van der Waals surface area contributed by atoms with Gasteiger partial charge in [0, 0.05) is 11.8 Å². The van der Waals surface area contributed by atoms with E-state index in [-0.39, 0.29) is 11.7 Å². The van der Waals surface area contributed by atoms with Gasteiger partial charge in [-0.2, -0.15) is 0 Å². The van der Waals surface area contributed by atoms with Gasteiger partial charge in [0.25, 0.3) is 0 Å². The van der Waals surface area contributed by atoms with Crippen molar-refractivity contribution in [2.45, 2.75) is 13.0 Å². The summed E-state index contributed by atoms with van der Waals surface area (Å²) in [5, 5.41) is 5.72. The second kappa shape index (κ2) is 6.69. The standard InChI is InChI=1S/C15H16FN3O2/c1-10(18-13-7-8-14(21-2)17-9-13)15(20)19-12-5-3-11(16)4-6-12/h3-10,18H,1-2H3,(H,19,20). The number of pyridine rings is 1. The molecule has 2 aromatic rings. The molecule has 21 heavy (non-hydrogen) atoms. The number of nitrogens with one attached hydrogen (secondary N) is 2. The normalized spacial score (nSPS) is 11.6. The van der Waals surface area contributed by atoms with Gasteiger partial charge in [-0.3, -0.25) is 4.79 Å². The third kappa shape index (κ3) is 4.17. The van der Waals surface area contributed by atoms with Gasteiger partial charge in [0.2, 0.25) is 11.8 Å². The summed E-state index contributed by atoms with van der Waals surface area (Å²) in [7, 11) is 1.54. The molecule has 1 aromatic carbocycles. The Bertz CT molecular complexity index is 599. The van der Waals surface area contributed by atoms with Crippen LogP contribution in [0.3, 0.4) is 0 Å². The lowest BCUT2D eigenvalue weighted by Crippen LogP contribution is -2.31. The van der Waals surface area contributed by atoms with Crippen LogP contribution in [-0.4, -0.2) is 24.0 Å². The minimum absolute atomic E-state index is 0.225. The maximum Gasteiger partial charge on any atom is 0.246 e. The summed E-state index contributed by atoms with van der Waals surface area (Å²) in [4.78, 5) is 16.1. The first-order chi connectivity index (χ1) is 10.1. The number of nitrogens with zero attached hydrogens (tertiary/aromatic N) is 1. The molecular formula is C15H16FN3O2. The Kier molecular flexibility index (Phi) is 4.71. The molecule has 110 valence electrons. The summed E-state index contributed by atoms with van der Waals surface area (Å²) >= 11 is 0. The Morgan fingerprint density at radius 2 is 1.86 bits per heavy atom. The summed E-state index contributed by atoms with van der Waals surface area (Å²) in [6.45, 7) is 1.73. The predicted molar refractivity (Wildman–Crippen MR) is 78.9 cm³/mol. The fourth-order valence-corrected chi connectivity index (χ4v) is 1.69. The van der Waals surface area contributed by atoms with Crippen LogP contribution in [0.5, 0.6) is 5.88 Å². The first-order valence-corrected chi connectivity index (χ1v) is 6.41. The molecule has 0 aliphatic rings. The molecule has 0 saturated heterocycles. The van der Waals surface area contributed by atoms with E-state index in [0.29, 0.717) is 17.3 Å². The molecule has 0 radical (unpaired) electrons. The van der Waals surface area contributed by atoms with Gasteiger partial charge in [0.1, 0.15) is 11.9 Å². The summed E-state index contributed by atoms with van der Waals surface area (Å²) in [5.74, 6) is -0.0649. The van der Waals surface area contributed by atoms with Gasteiger partial charge < -0.3 is 15.4 Å². The molecule has 1 aromatic heterocycles. The minimum Gasteiger partial charge on any atom is -0.481 e. The fraction of sp³-hybridized carbons (Fsp3) is 0.200. The number of benzene rings is 1. The van der Waals surface area contributed by atoms with Crippen molar-refractivity contribution in [3.05, 3.63) is 48.4 Å². The van der Waals surface area contributed by atoms with Gasteiger partial charge in [-0.15, -0.1) is 0 Å². The van der Waals surface area contributed by atoms with Gasteiger partial charge in [0.05, 0.1) is 19.0 Å². The van der Waals surface area contributed by atoms with E-state index < -0.39 is 6.04 Å². The van der Waals surface area contributed by atoms with E-state index in [0.717, 1.165) is 0 Å². The summed E-state index contributed by atoms with van der Waals surface area (Å²) in [5.41, 5.74) is 1.25. The first-order valence-electron chi connectivity index (χ1n) is 6.41. The van der Waals surface area contributed by atoms with Crippen LogP contribution in [0.1, 0.15) is 6.92 Å². The molecule has 0 saturated carbocycles. The van der Waals surface area contributed by atoms with Crippen molar-refractivity contribution in [2.24, 2.45) is 0 Å². The van der Waals surface area contributed by atoms with Crippen molar-refractivity contribution in [2.75, 3.05) is 17.7 Å². The highest BCUT2D eigenvalue weighted by Crippen LogP contribution is 2.13. The van der Waals surface area contributed by atoms with Crippen molar-refractivity contribution >= 4 is 17.3 Å². The second-order valence-corrected chi connectivity index (χ2v) is 4.45. The van der Waals surface area contributed by atoms with E-state index >= 15 is 0 Å². The van der Waals surface area contributed by atoms with Crippen LogP contribution >= 0.6 is 0 Å². The number of anilines is 2. The number of amides is 1. The number of hydrogen-bond acceptors (Lipinski definition) is 4. The van der Waals surface area contributed by atoms with Gasteiger partial charge >= 0.3 is 0 Å². The molecule has 1 unspecified atom stereocenters. The van der Waals surface area contributed by atoms with E-state index in [9.17, 15) is 9.18 Å². The zero-order valence-electron chi connectivity index (χ0n) is 11.8.